The fourth-order valence-electron chi connectivity index (χ4n) is 3.33. The van der Waals surface area contributed by atoms with Gasteiger partial charge >= 0.3 is 0 Å². The molecule has 2 N–H and O–H groups in total. The van der Waals surface area contributed by atoms with Crippen molar-refractivity contribution in [1.82, 2.24) is 9.97 Å². The minimum Gasteiger partial charge on any atom is -0.474 e. The molecule has 0 unspecified atom stereocenters. The van der Waals surface area contributed by atoms with Crippen LogP contribution in [0.15, 0.2) is 6.33 Å². The first-order chi connectivity index (χ1) is 11.7. The SMILES string of the molecule is CCC(N)=O.c1nc(OC2CCCCC2)c2c3c(sc2n1)CCC3. The van der Waals surface area contributed by atoms with Gasteiger partial charge in [-0.1, -0.05) is 13.3 Å². The number of rotatable bonds is 3. The van der Waals surface area contributed by atoms with Crippen LogP contribution in [0.5, 0.6) is 5.88 Å². The number of thiophene rings is 1. The van der Waals surface area contributed by atoms with E-state index in [1.807, 2.05) is 11.3 Å². The van der Waals surface area contributed by atoms with Crippen molar-refractivity contribution in [3.05, 3.63) is 16.8 Å². The topological polar surface area (TPSA) is 78.1 Å². The van der Waals surface area contributed by atoms with Gasteiger partial charge in [-0.05, 0) is 50.5 Å². The van der Waals surface area contributed by atoms with Crippen LogP contribution >= 0.6 is 11.3 Å². The summed E-state index contributed by atoms with van der Waals surface area (Å²) in [6.07, 6.45) is 12.4. The standard InChI is InChI=1S/C15H18N2OS.C3H7NO/c1-2-5-10(6-3-1)18-14-13-11-7-4-8-12(11)19-15(13)17-9-16-14;1-2-3(4)5/h9-10H,1-8H2;2H2,1H3,(H2,4,5). The van der Waals surface area contributed by atoms with E-state index in [1.165, 1.54) is 67.2 Å². The Morgan fingerprint density at radius 1 is 1.25 bits per heavy atom. The van der Waals surface area contributed by atoms with E-state index >= 15 is 0 Å². The van der Waals surface area contributed by atoms with Gasteiger partial charge in [0.05, 0.1) is 5.39 Å². The van der Waals surface area contributed by atoms with Gasteiger partial charge in [-0.3, -0.25) is 4.79 Å². The Hall–Kier alpha value is -1.69. The van der Waals surface area contributed by atoms with Crippen LogP contribution in [0, 0.1) is 0 Å². The van der Waals surface area contributed by atoms with E-state index in [9.17, 15) is 4.79 Å². The van der Waals surface area contributed by atoms with Crippen molar-refractivity contribution in [3.8, 4) is 5.88 Å². The number of hydrogen-bond acceptors (Lipinski definition) is 5. The van der Waals surface area contributed by atoms with Crippen LogP contribution in [0.1, 0.15) is 62.3 Å². The number of carbonyl (C=O) groups excluding carboxylic acids is 1. The molecule has 2 aromatic rings. The molecule has 2 aliphatic rings. The second-order valence-corrected chi connectivity index (χ2v) is 7.50. The number of amides is 1. The van der Waals surface area contributed by atoms with Crippen molar-refractivity contribution >= 4 is 27.5 Å². The first-order valence-electron chi connectivity index (χ1n) is 8.89. The summed E-state index contributed by atoms with van der Waals surface area (Å²) in [5.41, 5.74) is 6.12. The number of hydrogen-bond donors (Lipinski definition) is 1. The Morgan fingerprint density at radius 3 is 2.71 bits per heavy atom. The number of nitrogens with two attached hydrogens (primary N) is 1. The smallest absolute Gasteiger partial charge is 0.225 e. The van der Waals surface area contributed by atoms with Gasteiger partial charge in [-0.2, -0.15) is 0 Å². The van der Waals surface area contributed by atoms with Gasteiger partial charge in [-0.15, -0.1) is 11.3 Å². The summed E-state index contributed by atoms with van der Waals surface area (Å²) < 4.78 is 6.21. The van der Waals surface area contributed by atoms with E-state index in [0.717, 1.165) is 10.7 Å². The van der Waals surface area contributed by atoms with Gasteiger partial charge in [0, 0.05) is 11.3 Å². The minimum absolute atomic E-state index is 0.245. The van der Waals surface area contributed by atoms with E-state index in [1.54, 1.807) is 13.3 Å². The molecule has 2 aromatic heterocycles. The number of carbonyl (C=O) groups is 1. The predicted octanol–water partition coefficient (Wildman–Crippen LogP) is 3.77. The third-order valence-electron chi connectivity index (χ3n) is 4.65. The molecule has 130 valence electrons. The van der Waals surface area contributed by atoms with Crippen LogP contribution in [0.3, 0.4) is 0 Å². The number of aromatic nitrogens is 2. The lowest BCUT2D eigenvalue weighted by molar-refractivity contribution is -0.117. The zero-order chi connectivity index (χ0) is 16.9. The normalized spacial score (nSPS) is 17.2. The van der Waals surface area contributed by atoms with Crippen molar-refractivity contribution < 1.29 is 9.53 Å². The summed E-state index contributed by atoms with van der Waals surface area (Å²) in [5.74, 6) is 0.598. The van der Waals surface area contributed by atoms with Crippen LogP contribution in [-0.4, -0.2) is 22.0 Å². The van der Waals surface area contributed by atoms with E-state index in [0.29, 0.717) is 12.5 Å². The Balaban J connectivity index is 0.000000300. The Morgan fingerprint density at radius 2 is 2.00 bits per heavy atom. The molecule has 0 atom stereocenters. The van der Waals surface area contributed by atoms with Gasteiger partial charge in [0.15, 0.2) is 0 Å². The maximum absolute atomic E-state index is 9.59. The largest absolute Gasteiger partial charge is 0.474 e. The van der Waals surface area contributed by atoms with Gasteiger partial charge < -0.3 is 10.5 Å². The molecule has 1 amide bonds. The highest BCUT2D eigenvalue weighted by molar-refractivity contribution is 7.18. The molecule has 0 radical (unpaired) electrons. The van der Waals surface area contributed by atoms with Gasteiger partial charge in [0.25, 0.3) is 0 Å². The summed E-state index contributed by atoms with van der Waals surface area (Å²) in [5, 5.41) is 1.21. The number of ether oxygens (including phenoxy) is 1. The second-order valence-electron chi connectivity index (χ2n) is 6.41. The Bertz CT molecular complexity index is 708. The van der Waals surface area contributed by atoms with Crippen LogP contribution in [-0.2, 0) is 17.6 Å². The summed E-state index contributed by atoms with van der Waals surface area (Å²) in [6, 6.07) is 0. The number of primary amides is 1. The molecule has 6 heteroatoms. The van der Waals surface area contributed by atoms with Crippen LogP contribution in [0.4, 0.5) is 0 Å². The lowest BCUT2D eigenvalue weighted by Gasteiger charge is -2.22. The van der Waals surface area contributed by atoms with Gasteiger partial charge in [0.2, 0.25) is 11.8 Å². The highest BCUT2D eigenvalue weighted by atomic mass is 32.1. The quantitative estimate of drug-likeness (QED) is 0.916. The summed E-state index contributed by atoms with van der Waals surface area (Å²) in [6.45, 7) is 1.72. The second kappa shape index (κ2) is 7.92. The Kier molecular flexibility index (Phi) is 5.66. The molecular formula is C18H25N3O2S. The molecular weight excluding hydrogens is 322 g/mol. The molecule has 2 heterocycles. The monoisotopic (exact) mass is 347 g/mol. The summed E-state index contributed by atoms with van der Waals surface area (Å²) in [7, 11) is 0. The summed E-state index contributed by atoms with van der Waals surface area (Å²) in [4.78, 5) is 21.1. The van der Waals surface area contributed by atoms with E-state index in [-0.39, 0.29) is 5.91 Å². The van der Waals surface area contributed by atoms with Crippen molar-refractivity contribution in [2.45, 2.75) is 70.8 Å². The third-order valence-corrected chi connectivity index (χ3v) is 5.85. The fraction of sp³-hybridized carbons (Fsp3) is 0.611. The number of nitrogens with zero attached hydrogens (tertiary/aromatic N) is 2. The molecule has 0 aromatic carbocycles. The zero-order valence-corrected chi connectivity index (χ0v) is 15.0. The predicted molar refractivity (Wildman–Crippen MR) is 96.4 cm³/mol. The highest BCUT2D eigenvalue weighted by Gasteiger charge is 2.23. The van der Waals surface area contributed by atoms with Crippen molar-refractivity contribution in [2.24, 2.45) is 5.73 Å². The van der Waals surface area contributed by atoms with Gasteiger partial charge in [-0.25, -0.2) is 9.97 Å². The third kappa shape index (κ3) is 3.86. The minimum atomic E-state index is -0.245. The molecule has 1 fully saturated rings. The van der Waals surface area contributed by atoms with Crippen molar-refractivity contribution in [3.63, 3.8) is 0 Å². The highest BCUT2D eigenvalue weighted by Crippen LogP contribution is 2.40. The van der Waals surface area contributed by atoms with Crippen molar-refractivity contribution in [2.75, 3.05) is 0 Å². The summed E-state index contributed by atoms with van der Waals surface area (Å²) >= 11 is 1.83. The molecule has 0 saturated heterocycles. The average molecular weight is 347 g/mol. The van der Waals surface area contributed by atoms with Crippen molar-refractivity contribution in [1.29, 1.82) is 0 Å². The number of fused-ring (bicyclic) bond motifs is 3. The Labute approximate surface area is 146 Å². The van der Waals surface area contributed by atoms with Crippen LogP contribution in [0.2, 0.25) is 0 Å². The lowest BCUT2D eigenvalue weighted by Crippen LogP contribution is -2.20. The first-order valence-corrected chi connectivity index (χ1v) is 9.71. The molecule has 4 rings (SSSR count). The maximum atomic E-state index is 9.59. The molecule has 5 nitrogen and oxygen atoms in total. The first kappa shape index (κ1) is 17.1. The van der Waals surface area contributed by atoms with E-state index in [4.69, 9.17) is 4.74 Å². The molecule has 1 saturated carbocycles. The molecule has 2 aliphatic carbocycles. The lowest BCUT2D eigenvalue weighted by atomic mass is 9.98. The zero-order valence-electron chi connectivity index (χ0n) is 14.2. The van der Waals surface area contributed by atoms with E-state index < -0.39 is 0 Å². The molecule has 0 aliphatic heterocycles. The van der Waals surface area contributed by atoms with Crippen LogP contribution in [0.25, 0.3) is 10.2 Å². The van der Waals surface area contributed by atoms with E-state index in [2.05, 4.69) is 15.7 Å². The molecule has 0 spiro atoms. The maximum Gasteiger partial charge on any atom is 0.225 e. The van der Waals surface area contributed by atoms with Crippen LogP contribution < -0.4 is 10.5 Å². The molecule has 0 bridgehead atoms. The number of aryl methyl sites for hydroxylation is 2. The van der Waals surface area contributed by atoms with Gasteiger partial charge in [0.1, 0.15) is 17.3 Å². The fourth-order valence-corrected chi connectivity index (χ4v) is 4.55. The molecule has 24 heavy (non-hydrogen) atoms. The average Bonchev–Trinajstić information content (AvgIpc) is 3.17.